The van der Waals surface area contributed by atoms with Gasteiger partial charge in [-0.3, -0.25) is 4.79 Å². The van der Waals surface area contributed by atoms with E-state index in [1.807, 2.05) is 0 Å². The van der Waals surface area contributed by atoms with Crippen LogP contribution < -0.4 is 10.5 Å². The maximum Gasteiger partial charge on any atom is 0.248 e. The first-order valence-corrected chi connectivity index (χ1v) is 5.15. The lowest BCUT2D eigenvalue weighted by Gasteiger charge is -2.08. The van der Waals surface area contributed by atoms with E-state index in [1.165, 1.54) is 0 Å². The zero-order valence-corrected chi connectivity index (χ0v) is 9.91. The number of halogens is 1. The number of amides is 1. The van der Waals surface area contributed by atoms with Crippen LogP contribution in [0.3, 0.4) is 0 Å². The largest absolute Gasteiger partial charge is 0.490 e. The highest BCUT2D eigenvalue weighted by molar-refractivity contribution is 9.10. The van der Waals surface area contributed by atoms with Crippen molar-refractivity contribution in [1.82, 2.24) is 0 Å². The number of hydrogen-bond acceptors (Lipinski definition) is 3. The van der Waals surface area contributed by atoms with Gasteiger partial charge in [-0.25, -0.2) is 0 Å². The van der Waals surface area contributed by atoms with E-state index >= 15 is 0 Å². The van der Waals surface area contributed by atoms with Crippen molar-refractivity contribution in [3.63, 3.8) is 0 Å². The molecule has 1 aromatic rings. The number of carbonyl (C=O) groups excluding carboxylic acids is 1. The van der Waals surface area contributed by atoms with Crippen molar-refractivity contribution in [2.24, 2.45) is 5.73 Å². The van der Waals surface area contributed by atoms with Crippen LogP contribution in [-0.4, -0.2) is 26.2 Å². The van der Waals surface area contributed by atoms with Crippen LogP contribution in [0, 0.1) is 0 Å². The summed E-state index contributed by atoms with van der Waals surface area (Å²) in [7, 11) is 1.61. The maximum absolute atomic E-state index is 10.9. The van der Waals surface area contributed by atoms with Crippen LogP contribution in [0.5, 0.6) is 5.75 Å². The fourth-order valence-electron chi connectivity index (χ4n) is 1.01. The first-order chi connectivity index (χ1) is 7.15. The van der Waals surface area contributed by atoms with Crippen LogP contribution in [0.1, 0.15) is 10.4 Å². The third-order valence-corrected chi connectivity index (χ3v) is 2.38. The molecule has 0 heterocycles. The summed E-state index contributed by atoms with van der Waals surface area (Å²) in [5, 5.41) is 0. The second kappa shape index (κ2) is 5.72. The molecule has 0 aliphatic carbocycles. The highest BCUT2D eigenvalue weighted by atomic mass is 79.9. The highest BCUT2D eigenvalue weighted by Gasteiger charge is 2.05. The van der Waals surface area contributed by atoms with E-state index in [1.54, 1.807) is 25.3 Å². The molecule has 0 aliphatic heterocycles. The van der Waals surface area contributed by atoms with Gasteiger partial charge in [0.2, 0.25) is 5.91 Å². The van der Waals surface area contributed by atoms with E-state index in [9.17, 15) is 4.79 Å². The van der Waals surface area contributed by atoms with Crippen molar-refractivity contribution >= 4 is 21.8 Å². The van der Waals surface area contributed by atoms with E-state index in [2.05, 4.69) is 15.9 Å². The molecule has 0 unspecified atom stereocenters. The second-order valence-electron chi connectivity index (χ2n) is 2.85. The summed E-state index contributed by atoms with van der Waals surface area (Å²) >= 11 is 3.29. The Hall–Kier alpha value is -1.07. The van der Waals surface area contributed by atoms with Gasteiger partial charge in [0.15, 0.2) is 0 Å². The molecule has 4 nitrogen and oxygen atoms in total. The first-order valence-electron chi connectivity index (χ1n) is 4.36. The predicted octanol–water partition coefficient (Wildman–Crippen LogP) is 1.57. The van der Waals surface area contributed by atoms with Gasteiger partial charge in [-0.05, 0) is 34.1 Å². The van der Waals surface area contributed by atoms with Crippen LogP contribution in [0.4, 0.5) is 0 Å². The van der Waals surface area contributed by atoms with E-state index in [0.717, 1.165) is 0 Å². The van der Waals surface area contributed by atoms with Crippen molar-refractivity contribution in [3.8, 4) is 5.75 Å². The molecule has 0 spiro atoms. The van der Waals surface area contributed by atoms with E-state index < -0.39 is 5.91 Å². The number of carbonyl (C=O) groups is 1. The lowest BCUT2D eigenvalue weighted by molar-refractivity contribution is 0.1000. The van der Waals surface area contributed by atoms with Crippen molar-refractivity contribution in [2.45, 2.75) is 0 Å². The molecule has 1 aromatic carbocycles. The molecule has 0 saturated heterocycles. The average molecular weight is 274 g/mol. The Labute approximate surface area is 96.5 Å². The zero-order valence-electron chi connectivity index (χ0n) is 8.33. The molecule has 1 rings (SSSR count). The number of hydrogen-bond donors (Lipinski definition) is 1. The monoisotopic (exact) mass is 273 g/mol. The predicted molar refractivity (Wildman–Crippen MR) is 60.0 cm³/mol. The summed E-state index contributed by atoms with van der Waals surface area (Å²) in [4.78, 5) is 10.9. The number of ether oxygens (including phenoxy) is 2. The summed E-state index contributed by atoms with van der Waals surface area (Å²) in [5.41, 5.74) is 5.58. The Morgan fingerprint density at radius 1 is 1.47 bits per heavy atom. The fourth-order valence-corrected chi connectivity index (χ4v) is 1.50. The van der Waals surface area contributed by atoms with Gasteiger partial charge < -0.3 is 15.2 Å². The van der Waals surface area contributed by atoms with Crippen molar-refractivity contribution in [3.05, 3.63) is 28.2 Å². The Morgan fingerprint density at radius 2 is 2.20 bits per heavy atom. The molecule has 1 amide bonds. The Balaban J connectivity index is 2.70. The Bertz CT molecular complexity index is 355. The lowest BCUT2D eigenvalue weighted by atomic mass is 10.2. The highest BCUT2D eigenvalue weighted by Crippen LogP contribution is 2.25. The molecule has 0 aliphatic rings. The normalized spacial score (nSPS) is 10.0. The minimum Gasteiger partial charge on any atom is -0.490 e. The topological polar surface area (TPSA) is 61.6 Å². The van der Waals surface area contributed by atoms with Crippen LogP contribution >= 0.6 is 15.9 Å². The van der Waals surface area contributed by atoms with Gasteiger partial charge >= 0.3 is 0 Å². The molecular weight excluding hydrogens is 262 g/mol. The van der Waals surface area contributed by atoms with Crippen molar-refractivity contribution < 1.29 is 14.3 Å². The SMILES string of the molecule is COCCOc1ccc(C(N)=O)cc1Br. The fraction of sp³-hybridized carbons (Fsp3) is 0.300. The van der Waals surface area contributed by atoms with Gasteiger partial charge in [0.05, 0.1) is 11.1 Å². The Morgan fingerprint density at radius 3 is 2.73 bits per heavy atom. The zero-order chi connectivity index (χ0) is 11.3. The molecular formula is C10H12BrNO3. The number of nitrogens with two attached hydrogens (primary N) is 1. The van der Waals surface area contributed by atoms with E-state index in [-0.39, 0.29) is 0 Å². The molecule has 0 atom stereocenters. The molecule has 0 bridgehead atoms. The summed E-state index contributed by atoms with van der Waals surface area (Å²) in [6.07, 6.45) is 0. The molecule has 15 heavy (non-hydrogen) atoms. The van der Waals surface area contributed by atoms with Crippen molar-refractivity contribution in [1.29, 1.82) is 0 Å². The summed E-state index contributed by atoms with van der Waals surface area (Å²) < 4.78 is 10.9. The lowest BCUT2D eigenvalue weighted by Crippen LogP contribution is -2.11. The Kier molecular flexibility index (Phi) is 4.58. The van der Waals surface area contributed by atoms with Gasteiger partial charge in [-0.15, -0.1) is 0 Å². The van der Waals surface area contributed by atoms with Gasteiger partial charge in [-0.2, -0.15) is 0 Å². The first kappa shape index (κ1) is 12.0. The molecule has 82 valence electrons. The third kappa shape index (κ3) is 3.53. The minimum absolute atomic E-state index is 0.445. The third-order valence-electron chi connectivity index (χ3n) is 1.76. The minimum atomic E-state index is -0.459. The van der Waals surface area contributed by atoms with Gasteiger partial charge in [0.25, 0.3) is 0 Å². The number of rotatable bonds is 5. The quantitative estimate of drug-likeness (QED) is 0.829. The molecule has 0 fully saturated rings. The van der Waals surface area contributed by atoms with Crippen LogP contribution in [-0.2, 0) is 4.74 Å². The number of benzene rings is 1. The average Bonchev–Trinajstić information content (AvgIpc) is 2.20. The number of primary amides is 1. The molecule has 0 aromatic heterocycles. The van der Waals surface area contributed by atoms with Gasteiger partial charge in [-0.1, -0.05) is 0 Å². The molecule has 0 saturated carbocycles. The van der Waals surface area contributed by atoms with E-state index in [0.29, 0.717) is 29.0 Å². The van der Waals surface area contributed by atoms with Gasteiger partial charge in [0.1, 0.15) is 12.4 Å². The summed E-state index contributed by atoms with van der Waals surface area (Å²) in [5.74, 6) is 0.205. The van der Waals surface area contributed by atoms with Crippen molar-refractivity contribution in [2.75, 3.05) is 20.3 Å². The van der Waals surface area contributed by atoms with Gasteiger partial charge in [0, 0.05) is 12.7 Å². The maximum atomic E-state index is 10.9. The molecule has 0 radical (unpaired) electrons. The summed E-state index contributed by atoms with van der Waals surface area (Å²) in [6, 6.07) is 4.94. The molecule has 5 heteroatoms. The smallest absolute Gasteiger partial charge is 0.248 e. The van der Waals surface area contributed by atoms with Crippen LogP contribution in [0.2, 0.25) is 0 Å². The molecule has 2 N–H and O–H groups in total. The standard InChI is InChI=1S/C10H12BrNO3/c1-14-4-5-15-9-3-2-7(10(12)13)6-8(9)11/h2-3,6H,4-5H2,1H3,(H2,12,13). The van der Waals surface area contributed by atoms with E-state index in [4.69, 9.17) is 15.2 Å². The number of methoxy groups -OCH3 is 1. The van der Waals surface area contributed by atoms with Crippen LogP contribution in [0.15, 0.2) is 22.7 Å². The second-order valence-corrected chi connectivity index (χ2v) is 3.71. The van der Waals surface area contributed by atoms with Crippen LogP contribution in [0.25, 0.3) is 0 Å². The summed E-state index contributed by atoms with van der Waals surface area (Å²) in [6.45, 7) is 0.981.